The van der Waals surface area contributed by atoms with Crippen LogP contribution in [0.25, 0.3) is 0 Å². The Bertz CT molecular complexity index is 933. The number of anilines is 3. The Kier molecular flexibility index (Phi) is 6.31. The van der Waals surface area contributed by atoms with Gasteiger partial charge in [0.2, 0.25) is 5.95 Å². The molecule has 3 rings (SSSR count). The third kappa shape index (κ3) is 4.70. The van der Waals surface area contributed by atoms with Crippen LogP contribution in [0.3, 0.4) is 0 Å². The Morgan fingerprint density at radius 2 is 1.93 bits per heavy atom. The first kappa shape index (κ1) is 19.9. The van der Waals surface area contributed by atoms with Crippen molar-refractivity contribution < 1.29 is 4.74 Å². The van der Waals surface area contributed by atoms with Crippen molar-refractivity contribution in [1.82, 2.24) is 15.2 Å². The van der Waals surface area contributed by atoms with Crippen molar-refractivity contribution in [3.05, 3.63) is 64.8 Å². The fourth-order valence-corrected chi connectivity index (χ4v) is 2.96. The lowest BCUT2D eigenvalue weighted by atomic mass is 10.2. The lowest BCUT2D eigenvalue weighted by Crippen LogP contribution is -2.32. The molecule has 0 saturated heterocycles. The number of aromatic nitrogens is 3. The molecule has 7 heteroatoms. The lowest BCUT2D eigenvalue weighted by Gasteiger charge is -2.26. The third-order valence-electron chi connectivity index (χ3n) is 4.37. The molecule has 0 aliphatic rings. The molecule has 6 nitrogen and oxygen atoms in total. The highest BCUT2D eigenvalue weighted by Gasteiger charge is 2.16. The van der Waals surface area contributed by atoms with Gasteiger partial charge in [-0.05, 0) is 38.0 Å². The van der Waals surface area contributed by atoms with Gasteiger partial charge in [-0.25, -0.2) is 0 Å². The van der Waals surface area contributed by atoms with Gasteiger partial charge in [-0.2, -0.15) is 10.1 Å². The van der Waals surface area contributed by atoms with Gasteiger partial charge in [0.15, 0.2) is 5.82 Å². The molecule has 28 heavy (non-hydrogen) atoms. The average Bonchev–Trinajstić information content (AvgIpc) is 2.69. The van der Waals surface area contributed by atoms with E-state index in [0.717, 1.165) is 11.3 Å². The first-order valence-electron chi connectivity index (χ1n) is 9.09. The van der Waals surface area contributed by atoms with Gasteiger partial charge in [-0.3, -0.25) is 0 Å². The van der Waals surface area contributed by atoms with Gasteiger partial charge in [-0.1, -0.05) is 41.9 Å². The molecule has 0 aliphatic heterocycles. The molecule has 0 atom stereocenters. The number of benzene rings is 2. The molecule has 2 aromatic carbocycles. The van der Waals surface area contributed by atoms with Crippen LogP contribution in [-0.4, -0.2) is 28.3 Å². The van der Waals surface area contributed by atoms with Crippen LogP contribution < -0.4 is 15.0 Å². The van der Waals surface area contributed by atoms with E-state index in [0.29, 0.717) is 29.1 Å². The summed E-state index contributed by atoms with van der Waals surface area (Å²) in [7, 11) is 1.61. The number of halogens is 1. The monoisotopic (exact) mass is 397 g/mol. The number of aryl methyl sites for hydroxylation is 1. The molecular formula is C21H24ClN5O. The Balaban J connectivity index is 1.88. The van der Waals surface area contributed by atoms with E-state index in [1.807, 2.05) is 31.2 Å². The van der Waals surface area contributed by atoms with E-state index in [-0.39, 0.29) is 6.04 Å². The standard InChI is InChI=1S/C21H24ClN5O/c1-14(2)27(13-16-8-6-5-7-9-16)21-25-20(12-23-26-21)24-18-10-15(3)17(22)11-19(18)28-4/h5-12,14H,13H2,1-4H3,(H,24,25,26). The molecule has 0 radical (unpaired) electrons. The molecule has 0 bridgehead atoms. The number of hydrogen-bond acceptors (Lipinski definition) is 6. The molecule has 1 N–H and O–H groups in total. The normalized spacial score (nSPS) is 10.8. The van der Waals surface area contributed by atoms with E-state index in [1.54, 1.807) is 19.4 Å². The maximum atomic E-state index is 6.19. The molecule has 3 aromatic rings. The zero-order chi connectivity index (χ0) is 20.1. The molecule has 1 aromatic heterocycles. The van der Waals surface area contributed by atoms with Crippen LogP contribution in [-0.2, 0) is 6.54 Å². The smallest absolute Gasteiger partial charge is 0.247 e. The fourth-order valence-electron chi connectivity index (χ4n) is 2.81. The number of hydrogen-bond donors (Lipinski definition) is 1. The molecule has 0 aliphatic carbocycles. The van der Waals surface area contributed by atoms with Crippen molar-refractivity contribution in [2.75, 3.05) is 17.3 Å². The predicted molar refractivity (Wildman–Crippen MR) is 114 cm³/mol. The molecule has 0 amide bonds. The van der Waals surface area contributed by atoms with Crippen LogP contribution in [0, 0.1) is 6.92 Å². The van der Waals surface area contributed by atoms with E-state index in [9.17, 15) is 0 Å². The van der Waals surface area contributed by atoms with Gasteiger partial charge in [0.1, 0.15) is 5.75 Å². The molecule has 1 heterocycles. The van der Waals surface area contributed by atoms with Gasteiger partial charge >= 0.3 is 0 Å². The largest absolute Gasteiger partial charge is 0.495 e. The Labute approximate surface area is 170 Å². The molecule has 0 saturated carbocycles. The highest BCUT2D eigenvalue weighted by molar-refractivity contribution is 6.31. The van der Waals surface area contributed by atoms with Gasteiger partial charge in [0.25, 0.3) is 0 Å². The van der Waals surface area contributed by atoms with E-state index >= 15 is 0 Å². The summed E-state index contributed by atoms with van der Waals surface area (Å²) in [5.74, 6) is 1.79. The van der Waals surface area contributed by atoms with Crippen LogP contribution in [0.1, 0.15) is 25.0 Å². The van der Waals surface area contributed by atoms with Crippen LogP contribution in [0.2, 0.25) is 5.02 Å². The van der Waals surface area contributed by atoms with E-state index in [1.165, 1.54) is 5.56 Å². The fraction of sp³-hybridized carbons (Fsp3) is 0.286. The van der Waals surface area contributed by atoms with Crippen LogP contribution in [0.5, 0.6) is 5.75 Å². The maximum Gasteiger partial charge on any atom is 0.247 e. The topological polar surface area (TPSA) is 63.2 Å². The van der Waals surface area contributed by atoms with Crippen LogP contribution >= 0.6 is 11.6 Å². The minimum Gasteiger partial charge on any atom is -0.495 e. The quantitative estimate of drug-likeness (QED) is 0.605. The maximum absolute atomic E-state index is 6.19. The van der Waals surface area contributed by atoms with Gasteiger partial charge in [0.05, 0.1) is 19.0 Å². The SMILES string of the molecule is COc1cc(Cl)c(C)cc1Nc1cnnc(N(Cc2ccccc2)C(C)C)n1. The van der Waals surface area contributed by atoms with Crippen LogP contribution in [0.15, 0.2) is 48.7 Å². The number of nitrogens with one attached hydrogen (secondary N) is 1. The summed E-state index contributed by atoms with van der Waals surface area (Å²) in [5.41, 5.74) is 2.91. The minimum absolute atomic E-state index is 0.213. The molecular weight excluding hydrogens is 374 g/mol. The summed E-state index contributed by atoms with van der Waals surface area (Å²) >= 11 is 6.19. The number of methoxy groups -OCH3 is 1. The average molecular weight is 398 g/mol. The molecule has 0 fully saturated rings. The van der Waals surface area contributed by atoms with Crippen molar-refractivity contribution in [3.8, 4) is 5.75 Å². The van der Waals surface area contributed by atoms with Crippen LogP contribution in [0.4, 0.5) is 17.5 Å². The Hall–Kier alpha value is -2.86. The minimum atomic E-state index is 0.213. The summed E-state index contributed by atoms with van der Waals surface area (Å²) in [4.78, 5) is 6.77. The molecule has 146 valence electrons. The highest BCUT2D eigenvalue weighted by Crippen LogP contribution is 2.32. The Morgan fingerprint density at radius 1 is 1.18 bits per heavy atom. The van der Waals surface area contributed by atoms with Crippen molar-refractivity contribution >= 4 is 29.1 Å². The predicted octanol–water partition coefficient (Wildman–Crippen LogP) is 5.00. The van der Waals surface area contributed by atoms with Gasteiger partial charge < -0.3 is 15.0 Å². The second-order valence-electron chi connectivity index (χ2n) is 6.78. The zero-order valence-electron chi connectivity index (χ0n) is 16.5. The van der Waals surface area contributed by atoms with E-state index < -0.39 is 0 Å². The second-order valence-corrected chi connectivity index (χ2v) is 7.18. The van der Waals surface area contributed by atoms with Crippen molar-refractivity contribution in [2.24, 2.45) is 0 Å². The molecule has 0 spiro atoms. The first-order chi connectivity index (χ1) is 13.5. The van der Waals surface area contributed by atoms with Gasteiger partial charge in [0, 0.05) is 23.7 Å². The lowest BCUT2D eigenvalue weighted by molar-refractivity contribution is 0.416. The van der Waals surface area contributed by atoms with Crippen molar-refractivity contribution in [3.63, 3.8) is 0 Å². The second kappa shape index (κ2) is 8.89. The van der Waals surface area contributed by atoms with E-state index in [2.05, 4.69) is 51.4 Å². The third-order valence-corrected chi connectivity index (χ3v) is 4.77. The van der Waals surface area contributed by atoms with Crippen molar-refractivity contribution in [1.29, 1.82) is 0 Å². The number of nitrogens with zero attached hydrogens (tertiary/aromatic N) is 4. The number of rotatable bonds is 7. The van der Waals surface area contributed by atoms with Crippen molar-refractivity contribution in [2.45, 2.75) is 33.4 Å². The first-order valence-corrected chi connectivity index (χ1v) is 9.47. The zero-order valence-corrected chi connectivity index (χ0v) is 17.2. The van der Waals surface area contributed by atoms with E-state index in [4.69, 9.17) is 16.3 Å². The summed E-state index contributed by atoms with van der Waals surface area (Å²) in [6, 6.07) is 14.2. The molecule has 0 unspecified atom stereocenters. The summed E-state index contributed by atoms with van der Waals surface area (Å²) in [5, 5.41) is 12.3. The summed E-state index contributed by atoms with van der Waals surface area (Å²) < 4.78 is 5.43. The Morgan fingerprint density at radius 3 is 2.61 bits per heavy atom. The number of ether oxygens (including phenoxy) is 1. The van der Waals surface area contributed by atoms with Gasteiger partial charge in [-0.15, -0.1) is 5.10 Å². The summed E-state index contributed by atoms with van der Waals surface area (Å²) in [6.07, 6.45) is 1.59. The highest BCUT2D eigenvalue weighted by atomic mass is 35.5. The summed E-state index contributed by atoms with van der Waals surface area (Å²) in [6.45, 7) is 6.86.